The zero-order chi connectivity index (χ0) is 18.4. The largest absolute Gasteiger partial charge is 0.545 e. The Balaban J connectivity index is 2.27. The summed E-state index contributed by atoms with van der Waals surface area (Å²) in [5.74, 6) is -0.534. The molecule has 0 spiro atoms. The molecule has 0 radical (unpaired) electrons. The van der Waals surface area contributed by atoms with Crippen LogP contribution in [0, 0.1) is 13.8 Å². The van der Waals surface area contributed by atoms with Crippen molar-refractivity contribution in [3.8, 4) is 11.4 Å². The van der Waals surface area contributed by atoms with Gasteiger partial charge in [-0.15, -0.1) is 0 Å². The predicted molar refractivity (Wildman–Crippen MR) is 101 cm³/mol. The van der Waals surface area contributed by atoms with Gasteiger partial charge in [0.15, 0.2) is 0 Å². The van der Waals surface area contributed by atoms with E-state index in [4.69, 9.17) is 4.74 Å². The van der Waals surface area contributed by atoms with E-state index >= 15 is 0 Å². The third-order valence-electron chi connectivity index (χ3n) is 4.85. The number of ether oxygens (including phenoxy) is 1. The first kappa shape index (κ1) is 16.2. The number of hydrogen-bond donors (Lipinski definition) is 0. The van der Waals surface area contributed by atoms with Crippen molar-refractivity contribution in [2.45, 2.75) is 13.8 Å². The van der Waals surface area contributed by atoms with Gasteiger partial charge in [-0.1, -0.05) is 36.4 Å². The summed E-state index contributed by atoms with van der Waals surface area (Å²) in [6, 6.07) is 17.7. The Morgan fingerprint density at radius 1 is 0.962 bits per heavy atom. The molecule has 0 aliphatic heterocycles. The number of carbonyl (C=O) groups excluding carboxylic acids is 1. The Morgan fingerprint density at radius 3 is 2.35 bits per heavy atom. The molecule has 0 bridgehead atoms. The first-order valence-electron chi connectivity index (χ1n) is 8.42. The quantitative estimate of drug-likeness (QED) is 0.568. The number of carboxylic acid groups (broad SMARTS) is 1. The fraction of sp³-hybridized carbons (Fsp3) is 0.136. The number of methoxy groups -OCH3 is 1. The summed E-state index contributed by atoms with van der Waals surface area (Å²) in [5, 5.41) is 14.4. The van der Waals surface area contributed by atoms with Crippen molar-refractivity contribution in [3.05, 3.63) is 71.4 Å². The lowest BCUT2D eigenvalue weighted by atomic mass is 10.0. The van der Waals surface area contributed by atoms with E-state index in [9.17, 15) is 9.90 Å². The van der Waals surface area contributed by atoms with Crippen LogP contribution in [0.25, 0.3) is 27.4 Å². The van der Waals surface area contributed by atoms with Gasteiger partial charge >= 0.3 is 0 Å². The number of benzene rings is 3. The molecule has 26 heavy (non-hydrogen) atoms. The number of fused-ring (bicyclic) bond motifs is 3. The molecule has 0 aliphatic carbocycles. The molecule has 0 fully saturated rings. The maximum Gasteiger partial charge on any atom is 0.127 e. The van der Waals surface area contributed by atoms with Gasteiger partial charge in [0.2, 0.25) is 0 Å². The maximum absolute atomic E-state index is 11.9. The summed E-state index contributed by atoms with van der Waals surface area (Å²) in [4.78, 5) is 11.9. The fourth-order valence-electron chi connectivity index (χ4n) is 3.75. The second kappa shape index (κ2) is 5.92. The van der Waals surface area contributed by atoms with Crippen LogP contribution in [0.4, 0.5) is 0 Å². The van der Waals surface area contributed by atoms with E-state index in [0.717, 1.165) is 27.5 Å². The minimum Gasteiger partial charge on any atom is -0.545 e. The van der Waals surface area contributed by atoms with Gasteiger partial charge in [0.1, 0.15) is 5.75 Å². The summed E-state index contributed by atoms with van der Waals surface area (Å²) in [5.41, 5.74) is 3.73. The lowest BCUT2D eigenvalue weighted by molar-refractivity contribution is -0.254. The minimum absolute atomic E-state index is 0.200. The van der Waals surface area contributed by atoms with Crippen LogP contribution >= 0.6 is 0 Å². The van der Waals surface area contributed by atoms with Crippen LogP contribution in [0.3, 0.4) is 0 Å². The highest BCUT2D eigenvalue weighted by molar-refractivity contribution is 6.16. The van der Waals surface area contributed by atoms with Crippen molar-refractivity contribution in [2.24, 2.45) is 0 Å². The second-order valence-electron chi connectivity index (χ2n) is 6.44. The Kier molecular flexibility index (Phi) is 3.69. The van der Waals surface area contributed by atoms with Crippen LogP contribution in [-0.4, -0.2) is 17.6 Å². The zero-order valence-corrected chi connectivity index (χ0v) is 14.9. The Labute approximate surface area is 151 Å². The van der Waals surface area contributed by atoms with Crippen molar-refractivity contribution in [3.63, 3.8) is 0 Å². The average molecular weight is 344 g/mol. The van der Waals surface area contributed by atoms with E-state index in [2.05, 4.69) is 0 Å². The molecule has 0 atom stereocenters. The van der Waals surface area contributed by atoms with Crippen LogP contribution < -0.4 is 9.84 Å². The molecule has 0 aliphatic rings. The standard InChI is InChI=1S/C22H19NO3/c1-13-7-6-8-15(11-13)23-14(2)20(22(24)25)18-12-19(26-3)16-9-4-5-10-17(16)21(18)23/h4-12H,1-3H3,(H,24,25)/p-1. The first-order chi connectivity index (χ1) is 12.5. The monoisotopic (exact) mass is 344 g/mol. The molecule has 4 aromatic rings. The normalized spacial score (nSPS) is 11.2. The molecule has 0 N–H and O–H groups in total. The molecule has 0 amide bonds. The molecule has 3 aromatic carbocycles. The van der Waals surface area contributed by atoms with Gasteiger partial charge in [0, 0.05) is 33.1 Å². The number of aryl methyl sites for hydroxylation is 1. The van der Waals surface area contributed by atoms with Crippen molar-refractivity contribution < 1.29 is 14.6 Å². The number of nitrogens with zero attached hydrogens (tertiary/aromatic N) is 1. The number of aromatic carboxylic acids is 1. The van der Waals surface area contributed by atoms with E-state index in [0.29, 0.717) is 16.8 Å². The van der Waals surface area contributed by atoms with Crippen LogP contribution in [0.1, 0.15) is 21.6 Å². The maximum atomic E-state index is 11.9. The molecule has 4 rings (SSSR count). The average Bonchev–Trinajstić information content (AvgIpc) is 2.93. The molecule has 4 heteroatoms. The summed E-state index contributed by atoms with van der Waals surface area (Å²) < 4.78 is 7.52. The third kappa shape index (κ3) is 2.26. The van der Waals surface area contributed by atoms with E-state index in [1.165, 1.54) is 0 Å². The highest BCUT2D eigenvalue weighted by Gasteiger charge is 2.20. The highest BCUT2D eigenvalue weighted by atomic mass is 16.5. The number of aromatic nitrogens is 1. The zero-order valence-electron chi connectivity index (χ0n) is 14.9. The fourth-order valence-corrected chi connectivity index (χ4v) is 3.75. The Hall–Kier alpha value is -3.27. The molecule has 0 unspecified atom stereocenters. The molecule has 130 valence electrons. The van der Waals surface area contributed by atoms with Crippen LogP contribution in [0.2, 0.25) is 0 Å². The van der Waals surface area contributed by atoms with Gasteiger partial charge in [0.05, 0.1) is 18.6 Å². The second-order valence-corrected chi connectivity index (χ2v) is 6.44. The number of hydrogen-bond acceptors (Lipinski definition) is 3. The summed E-state index contributed by atoms with van der Waals surface area (Å²) in [7, 11) is 1.59. The number of carbonyl (C=O) groups is 1. The van der Waals surface area contributed by atoms with Gasteiger partial charge in [-0.3, -0.25) is 0 Å². The molecule has 0 saturated carbocycles. The van der Waals surface area contributed by atoms with Crippen LogP contribution in [0.15, 0.2) is 54.6 Å². The Morgan fingerprint density at radius 2 is 1.69 bits per heavy atom. The lowest BCUT2D eigenvalue weighted by Crippen LogP contribution is -2.23. The smallest absolute Gasteiger partial charge is 0.127 e. The van der Waals surface area contributed by atoms with Crippen molar-refractivity contribution in [1.29, 1.82) is 0 Å². The molecule has 1 heterocycles. The van der Waals surface area contributed by atoms with Crippen molar-refractivity contribution >= 4 is 27.6 Å². The summed E-state index contributed by atoms with van der Waals surface area (Å²) in [6.45, 7) is 3.83. The number of rotatable bonds is 3. The van der Waals surface area contributed by atoms with Crippen LogP contribution in [-0.2, 0) is 0 Å². The Bertz CT molecular complexity index is 1170. The SMILES string of the molecule is COc1cc2c(C(=O)[O-])c(C)n(-c3cccc(C)c3)c2c2ccccc12. The highest BCUT2D eigenvalue weighted by Crippen LogP contribution is 2.39. The molecule has 1 aromatic heterocycles. The number of carboxylic acids is 1. The van der Waals surface area contributed by atoms with Crippen molar-refractivity contribution in [1.82, 2.24) is 4.57 Å². The van der Waals surface area contributed by atoms with Gasteiger partial charge in [-0.2, -0.15) is 0 Å². The molecular weight excluding hydrogens is 326 g/mol. The van der Waals surface area contributed by atoms with E-state index < -0.39 is 5.97 Å². The third-order valence-corrected chi connectivity index (χ3v) is 4.85. The molecule has 4 nitrogen and oxygen atoms in total. The lowest BCUT2D eigenvalue weighted by Gasteiger charge is -2.12. The van der Waals surface area contributed by atoms with Gasteiger partial charge < -0.3 is 19.2 Å². The van der Waals surface area contributed by atoms with Crippen molar-refractivity contribution in [2.75, 3.05) is 7.11 Å². The summed E-state index contributed by atoms with van der Waals surface area (Å²) >= 11 is 0. The van der Waals surface area contributed by atoms with Gasteiger partial charge in [-0.05, 0) is 37.6 Å². The van der Waals surface area contributed by atoms with E-state index in [-0.39, 0.29) is 5.56 Å². The van der Waals surface area contributed by atoms with Crippen LogP contribution in [0.5, 0.6) is 5.75 Å². The predicted octanol–water partition coefficient (Wildman–Crippen LogP) is 3.77. The first-order valence-corrected chi connectivity index (χ1v) is 8.42. The van der Waals surface area contributed by atoms with Gasteiger partial charge in [0.25, 0.3) is 0 Å². The topological polar surface area (TPSA) is 54.3 Å². The minimum atomic E-state index is -1.18. The van der Waals surface area contributed by atoms with Gasteiger partial charge in [-0.25, -0.2) is 0 Å². The summed E-state index contributed by atoms with van der Waals surface area (Å²) in [6.07, 6.45) is 0. The van der Waals surface area contributed by atoms with E-state index in [1.807, 2.05) is 66.9 Å². The molecular formula is C22H18NO3-. The van der Waals surface area contributed by atoms with E-state index in [1.54, 1.807) is 13.2 Å². The molecule has 0 saturated heterocycles.